The fourth-order valence-electron chi connectivity index (χ4n) is 2.99. The first-order valence-electron chi connectivity index (χ1n) is 8.12. The maximum Gasteiger partial charge on any atom is 0.119 e. The predicted molar refractivity (Wildman–Crippen MR) is 86.7 cm³/mol. The van der Waals surface area contributed by atoms with Gasteiger partial charge < -0.3 is 15.2 Å². The van der Waals surface area contributed by atoms with E-state index in [0.717, 1.165) is 12.2 Å². The van der Waals surface area contributed by atoms with E-state index in [1.165, 1.54) is 24.8 Å². The summed E-state index contributed by atoms with van der Waals surface area (Å²) in [7, 11) is 0. The summed E-state index contributed by atoms with van der Waals surface area (Å²) in [5, 5.41) is 13.5. The van der Waals surface area contributed by atoms with Crippen LogP contribution in [0.2, 0.25) is 0 Å². The van der Waals surface area contributed by atoms with E-state index in [2.05, 4.69) is 38.2 Å². The first-order valence-corrected chi connectivity index (χ1v) is 8.12. The summed E-state index contributed by atoms with van der Waals surface area (Å²) in [6.07, 6.45) is 4.24. The predicted octanol–water partition coefficient (Wildman–Crippen LogP) is 3.16. The molecule has 0 aliphatic heterocycles. The van der Waals surface area contributed by atoms with E-state index in [4.69, 9.17) is 4.74 Å². The van der Waals surface area contributed by atoms with Crippen molar-refractivity contribution in [2.75, 3.05) is 13.2 Å². The number of rotatable bonds is 7. The summed E-state index contributed by atoms with van der Waals surface area (Å²) in [5.74, 6) is 0.827. The summed E-state index contributed by atoms with van der Waals surface area (Å²) in [6.45, 7) is 7.71. The van der Waals surface area contributed by atoms with Gasteiger partial charge in [-0.25, -0.2) is 0 Å². The standard InChI is InChI=1S/C18H29NO2/c1-4-14-5-7-17(8-6-14)21-13-16(20)12-19-15-9-10-18(2,3)11-15/h5-8,15-16,19-20H,4,9-13H2,1-3H3. The van der Waals surface area contributed by atoms with E-state index in [-0.39, 0.29) is 0 Å². The Hall–Kier alpha value is -1.06. The lowest BCUT2D eigenvalue weighted by atomic mass is 9.92. The molecule has 0 amide bonds. The molecule has 0 saturated heterocycles. The maximum absolute atomic E-state index is 10.0. The number of nitrogens with one attached hydrogen (secondary N) is 1. The molecule has 1 fully saturated rings. The SMILES string of the molecule is CCc1ccc(OCC(O)CNC2CCC(C)(C)C2)cc1. The Morgan fingerprint density at radius 1 is 1.33 bits per heavy atom. The molecule has 2 unspecified atom stereocenters. The Bertz CT molecular complexity index is 427. The van der Waals surface area contributed by atoms with Crippen LogP contribution in [0, 0.1) is 5.41 Å². The van der Waals surface area contributed by atoms with Crippen LogP contribution in [-0.4, -0.2) is 30.4 Å². The van der Waals surface area contributed by atoms with Gasteiger partial charge in [0.05, 0.1) is 0 Å². The highest BCUT2D eigenvalue weighted by Crippen LogP contribution is 2.36. The topological polar surface area (TPSA) is 41.5 Å². The summed E-state index contributed by atoms with van der Waals surface area (Å²) < 4.78 is 5.63. The van der Waals surface area contributed by atoms with Gasteiger partial charge in [-0.15, -0.1) is 0 Å². The molecule has 2 atom stereocenters. The quantitative estimate of drug-likeness (QED) is 0.811. The molecular formula is C18H29NO2. The Morgan fingerprint density at radius 2 is 2.05 bits per heavy atom. The van der Waals surface area contributed by atoms with Crippen molar-refractivity contribution in [3.63, 3.8) is 0 Å². The lowest BCUT2D eigenvalue weighted by Gasteiger charge is -2.19. The van der Waals surface area contributed by atoms with Gasteiger partial charge in [-0.05, 0) is 48.8 Å². The van der Waals surface area contributed by atoms with Crippen LogP contribution in [0.1, 0.15) is 45.6 Å². The molecule has 1 saturated carbocycles. The minimum absolute atomic E-state index is 0.342. The first kappa shape index (κ1) is 16.3. The zero-order valence-electron chi connectivity index (χ0n) is 13.6. The van der Waals surface area contributed by atoms with E-state index in [9.17, 15) is 5.11 Å². The van der Waals surface area contributed by atoms with E-state index in [0.29, 0.717) is 24.6 Å². The third kappa shape index (κ3) is 5.33. The van der Waals surface area contributed by atoms with E-state index >= 15 is 0 Å². The van der Waals surface area contributed by atoms with Crippen molar-refractivity contribution in [3.05, 3.63) is 29.8 Å². The molecule has 2 N–H and O–H groups in total. The zero-order chi connectivity index (χ0) is 15.3. The van der Waals surface area contributed by atoms with E-state index in [1.807, 2.05) is 12.1 Å². The van der Waals surface area contributed by atoms with Gasteiger partial charge in [0.1, 0.15) is 18.5 Å². The second-order valence-corrected chi connectivity index (χ2v) is 6.97. The van der Waals surface area contributed by atoms with Crippen LogP contribution in [0.15, 0.2) is 24.3 Å². The highest BCUT2D eigenvalue weighted by Gasteiger charge is 2.30. The minimum Gasteiger partial charge on any atom is -0.491 e. The summed E-state index contributed by atoms with van der Waals surface area (Å²) >= 11 is 0. The molecule has 1 aliphatic carbocycles. The molecular weight excluding hydrogens is 262 g/mol. The van der Waals surface area contributed by atoms with Crippen molar-refractivity contribution in [2.45, 2.75) is 58.6 Å². The minimum atomic E-state index is -0.459. The van der Waals surface area contributed by atoms with Crippen molar-refractivity contribution < 1.29 is 9.84 Å². The van der Waals surface area contributed by atoms with Crippen molar-refractivity contribution in [1.82, 2.24) is 5.32 Å². The zero-order valence-corrected chi connectivity index (χ0v) is 13.6. The van der Waals surface area contributed by atoms with Crippen molar-refractivity contribution in [1.29, 1.82) is 0 Å². The van der Waals surface area contributed by atoms with Crippen molar-refractivity contribution in [3.8, 4) is 5.75 Å². The number of aliphatic hydroxyl groups is 1. The summed E-state index contributed by atoms with van der Waals surface area (Å²) in [5.41, 5.74) is 1.74. The number of benzene rings is 1. The lowest BCUT2D eigenvalue weighted by Crippen LogP contribution is -2.37. The average molecular weight is 291 g/mol. The molecule has 0 spiro atoms. The molecule has 0 heterocycles. The molecule has 0 aromatic heterocycles. The average Bonchev–Trinajstić information content (AvgIpc) is 2.83. The third-order valence-electron chi connectivity index (χ3n) is 4.38. The molecule has 1 aromatic carbocycles. The molecule has 118 valence electrons. The molecule has 2 rings (SSSR count). The van der Waals surface area contributed by atoms with Crippen molar-refractivity contribution in [2.24, 2.45) is 5.41 Å². The van der Waals surface area contributed by atoms with Crippen LogP contribution >= 0.6 is 0 Å². The molecule has 0 bridgehead atoms. The van der Waals surface area contributed by atoms with Gasteiger partial charge in [0.2, 0.25) is 0 Å². The third-order valence-corrected chi connectivity index (χ3v) is 4.38. The van der Waals surface area contributed by atoms with Crippen LogP contribution < -0.4 is 10.1 Å². The van der Waals surface area contributed by atoms with Crippen LogP contribution in [0.4, 0.5) is 0 Å². The second kappa shape index (κ2) is 7.28. The lowest BCUT2D eigenvalue weighted by molar-refractivity contribution is 0.103. The van der Waals surface area contributed by atoms with Crippen LogP contribution in [-0.2, 0) is 6.42 Å². The number of ether oxygens (including phenoxy) is 1. The number of aryl methyl sites for hydroxylation is 1. The summed E-state index contributed by atoms with van der Waals surface area (Å²) in [6, 6.07) is 8.62. The fourth-order valence-corrected chi connectivity index (χ4v) is 2.99. The van der Waals surface area contributed by atoms with Gasteiger partial charge in [0, 0.05) is 12.6 Å². The second-order valence-electron chi connectivity index (χ2n) is 6.97. The first-order chi connectivity index (χ1) is 9.98. The molecule has 3 heteroatoms. The van der Waals surface area contributed by atoms with Gasteiger partial charge in [0.15, 0.2) is 0 Å². The molecule has 0 radical (unpaired) electrons. The number of hydrogen-bond acceptors (Lipinski definition) is 3. The largest absolute Gasteiger partial charge is 0.491 e. The Morgan fingerprint density at radius 3 is 2.62 bits per heavy atom. The maximum atomic E-state index is 10.0. The highest BCUT2D eigenvalue weighted by atomic mass is 16.5. The van der Waals surface area contributed by atoms with E-state index in [1.54, 1.807) is 0 Å². The van der Waals surface area contributed by atoms with Gasteiger partial charge in [-0.2, -0.15) is 0 Å². The molecule has 1 aliphatic rings. The smallest absolute Gasteiger partial charge is 0.119 e. The summed E-state index contributed by atoms with van der Waals surface area (Å²) in [4.78, 5) is 0. The van der Waals surface area contributed by atoms with Gasteiger partial charge in [-0.1, -0.05) is 32.9 Å². The molecule has 3 nitrogen and oxygen atoms in total. The number of aliphatic hydroxyl groups excluding tert-OH is 1. The Balaban J connectivity index is 1.66. The highest BCUT2D eigenvalue weighted by molar-refractivity contribution is 5.27. The fraction of sp³-hybridized carbons (Fsp3) is 0.667. The van der Waals surface area contributed by atoms with Gasteiger partial charge >= 0.3 is 0 Å². The number of hydrogen-bond donors (Lipinski definition) is 2. The molecule has 21 heavy (non-hydrogen) atoms. The van der Waals surface area contributed by atoms with E-state index < -0.39 is 6.10 Å². The monoisotopic (exact) mass is 291 g/mol. The van der Waals surface area contributed by atoms with Crippen LogP contribution in [0.25, 0.3) is 0 Å². The van der Waals surface area contributed by atoms with Crippen LogP contribution in [0.5, 0.6) is 5.75 Å². The van der Waals surface area contributed by atoms with Crippen LogP contribution in [0.3, 0.4) is 0 Å². The van der Waals surface area contributed by atoms with Gasteiger partial charge in [-0.3, -0.25) is 0 Å². The Kier molecular flexibility index (Phi) is 5.65. The Labute approximate surface area is 128 Å². The van der Waals surface area contributed by atoms with Crippen molar-refractivity contribution >= 4 is 0 Å². The molecule has 1 aromatic rings. The normalized spacial score (nSPS) is 22.2. The van der Waals surface area contributed by atoms with Gasteiger partial charge in [0.25, 0.3) is 0 Å².